The van der Waals surface area contributed by atoms with Gasteiger partial charge in [0.25, 0.3) is 0 Å². The summed E-state index contributed by atoms with van der Waals surface area (Å²) < 4.78 is 18.1. The van der Waals surface area contributed by atoms with E-state index in [1.807, 2.05) is 12.1 Å². The molecule has 3 rings (SSSR count). The summed E-state index contributed by atoms with van der Waals surface area (Å²) in [5, 5.41) is 0. The summed E-state index contributed by atoms with van der Waals surface area (Å²) in [6.45, 7) is 0. The number of aromatic nitrogens is 1. The van der Waals surface area contributed by atoms with Gasteiger partial charge in [0, 0.05) is 6.04 Å². The van der Waals surface area contributed by atoms with Crippen LogP contribution in [0, 0.1) is 5.82 Å². The summed E-state index contributed by atoms with van der Waals surface area (Å²) in [6.07, 6.45) is 0.512. The number of aromatic amines is 1. The Morgan fingerprint density at radius 2 is 2.10 bits per heavy atom. The molecule has 0 bridgehead atoms. The van der Waals surface area contributed by atoms with Crippen LogP contribution >= 0.6 is 0 Å². The van der Waals surface area contributed by atoms with Gasteiger partial charge in [-0.25, -0.2) is 9.18 Å². The van der Waals surface area contributed by atoms with Crippen molar-refractivity contribution in [3.8, 4) is 0 Å². The van der Waals surface area contributed by atoms with Crippen LogP contribution in [0.25, 0.3) is 11.1 Å². The smallest absolute Gasteiger partial charge is 0.408 e. The van der Waals surface area contributed by atoms with Gasteiger partial charge in [-0.1, -0.05) is 18.2 Å². The van der Waals surface area contributed by atoms with Crippen molar-refractivity contribution in [2.75, 3.05) is 0 Å². The Kier molecular flexibility index (Phi) is 3.12. The summed E-state index contributed by atoms with van der Waals surface area (Å²) >= 11 is 0. The fraction of sp³-hybridized carbons (Fsp3) is 0.133. The minimum Gasteiger partial charge on any atom is -0.408 e. The third-order valence-electron chi connectivity index (χ3n) is 3.22. The molecule has 0 aliphatic rings. The van der Waals surface area contributed by atoms with E-state index < -0.39 is 5.76 Å². The highest BCUT2D eigenvalue weighted by molar-refractivity contribution is 5.72. The third kappa shape index (κ3) is 2.48. The lowest BCUT2D eigenvalue weighted by molar-refractivity contribution is 0.554. The molecular weight excluding hydrogens is 259 g/mol. The highest BCUT2D eigenvalue weighted by Crippen LogP contribution is 2.20. The molecule has 0 radical (unpaired) electrons. The topological polar surface area (TPSA) is 72.0 Å². The number of oxazole rings is 1. The van der Waals surface area contributed by atoms with E-state index in [4.69, 9.17) is 10.2 Å². The van der Waals surface area contributed by atoms with Crippen LogP contribution in [0.4, 0.5) is 4.39 Å². The molecule has 0 fully saturated rings. The number of benzene rings is 2. The lowest BCUT2D eigenvalue weighted by atomic mass is 9.99. The standard InChI is InChI=1S/C15H13FN2O2/c16-11-3-1-2-9(6-11)7-12(17)10-4-5-13-14(8-10)20-15(19)18-13/h1-6,8,12H,7,17H2,(H,18,19). The molecule has 0 aliphatic carbocycles. The fourth-order valence-electron chi connectivity index (χ4n) is 2.23. The Balaban J connectivity index is 1.88. The maximum absolute atomic E-state index is 13.1. The first-order valence-electron chi connectivity index (χ1n) is 6.24. The largest absolute Gasteiger partial charge is 0.417 e. The minimum absolute atomic E-state index is 0.276. The molecule has 4 nitrogen and oxygen atoms in total. The average Bonchev–Trinajstić information content (AvgIpc) is 2.77. The van der Waals surface area contributed by atoms with Crippen molar-refractivity contribution >= 4 is 11.1 Å². The first-order valence-corrected chi connectivity index (χ1v) is 6.24. The zero-order chi connectivity index (χ0) is 14.1. The molecule has 3 N–H and O–H groups in total. The highest BCUT2D eigenvalue weighted by atomic mass is 19.1. The van der Waals surface area contributed by atoms with Crippen molar-refractivity contribution in [3.63, 3.8) is 0 Å². The van der Waals surface area contributed by atoms with Crippen molar-refractivity contribution in [2.24, 2.45) is 5.73 Å². The molecule has 0 saturated heterocycles. The van der Waals surface area contributed by atoms with Gasteiger partial charge in [0.05, 0.1) is 5.52 Å². The number of fused-ring (bicyclic) bond motifs is 1. The van der Waals surface area contributed by atoms with Crippen LogP contribution < -0.4 is 11.5 Å². The van der Waals surface area contributed by atoms with E-state index in [9.17, 15) is 9.18 Å². The van der Waals surface area contributed by atoms with E-state index >= 15 is 0 Å². The summed E-state index contributed by atoms with van der Waals surface area (Å²) in [5.74, 6) is -0.766. The van der Waals surface area contributed by atoms with Gasteiger partial charge >= 0.3 is 5.76 Å². The van der Waals surface area contributed by atoms with Crippen LogP contribution in [-0.2, 0) is 6.42 Å². The molecule has 1 atom stereocenters. The van der Waals surface area contributed by atoms with Crippen LogP contribution in [0.15, 0.2) is 51.7 Å². The quantitative estimate of drug-likeness (QED) is 0.769. The zero-order valence-electron chi connectivity index (χ0n) is 10.6. The average molecular weight is 272 g/mol. The van der Waals surface area contributed by atoms with E-state index in [1.54, 1.807) is 18.2 Å². The van der Waals surface area contributed by atoms with Crippen LogP contribution in [0.2, 0.25) is 0 Å². The van der Waals surface area contributed by atoms with Crippen molar-refractivity contribution in [2.45, 2.75) is 12.5 Å². The SMILES string of the molecule is NC(Cc1cccc(F)c1)c1ccc2[nH]c(=O)oc2c1. The Morgan fingerprint density at radius 3 is 2.90 bits per heavy atom. The first-order chi connectivity index (χ1) is 9.61. The van der Waals surface area contributed by atoms with Gasteiger partial charge in [0.15, 0.2) is 5.58 Å². The number of nitrogens with two attached hydrogens (primary N) is 1. The first kappa shape index (κ1) is 12.6. The van der Waals surface area contributed by atoms with Gasteiger partial charge in [-0.05, 0) is 41.8 Å². The Hall–Kier alpha value is -2.40. The number of halogens is 1. The number of hydrogen-bond acceptors (Lipinski definition) is 3. The fourth-order valence-corrected chi connectivity index (χ4v) is 2.23. The molecule has 1 aromatic heterocycles. The van der Waals surface area contributed by atoms with Crippen LogP contribution in [-0.4, -0.2) is 4.98 Å². The number of H-pyrrole nitrogens is 1. The Morgan fingerprint density at radius 1 is 1.25 bits per heavy atom. The van der Waals surface area contributed by atoms with Crippen molar-refractivity contribution in [3.05, 3.63) is 70.0 Å². The summed E-state index contributed by atoms with van der Waals surface area (Å²) in [6, 6.07) is 11.4. The second-order valence-electron chi connectivity index (χ2n) is 4.71. The summed E-state index contributed by atoms with van der Waals surface area (Å²) in [5.41, 5.74) is 8.90. The number of hydrogen-bond donors (Lipinski definition) is 2. The maximum atomic E-state index is 13.1. The molecule has 0 spiro atoms. The number of rotatable bonds is 3. The molecule has 0 aliphatic heterocycles. The van der Waals surface area contributed by atoms with E-state index in [0.717, 1.165) is 11.1 Å². The Labute approximate surface area is 114 Å². The predicted octanol–water partition coefficient (Wildman–Crippen LogP) is 2.50. The summed E-state index contributed by atoms with van der Waals surface area (Å²) in [4.78, 5) is 13.7. The van der Waals surface area contributed by atoms with Crippen molar-refractivity contribution in [1.29, 1.82) is 0 Å². The van der Waals surface area contributed by atoms with Crippen molar-refractivity contribution in [1.82, 2.24) is 4.98 Å². The second-order valence-corrected chi connectivity index (χ2v) is 4.71. The molecule has 0 amide bonds. The monoisotopic (exact) mass is 272 g/mol. The van der Waals surface area contributed by atoms with E-state index in [1.165, 1.54) is 12.1 Å². The van der Waals surface area contributed by atoms with E-state index in [-0.39, 0.29) is 11.9 Å². The van der Waals surface area contributed by atoms with Crippen molar-refractivity contribution < 1.29 is 8.81 Å². The van der Waals surface area contributed by atoms with Gasteiger partial charge in [-0.15, -0.1) is 0 Å². The lowest BCUT2D eigenvalue weighted by Crippen LogP contribution is -2.13. The lowest BCUT2D eigenvalue weighted by Gasteiger charge is -2.12. The Bertz CT molecular complexity index is 807. The second kappa shape index (κ2) is 4.94. The highest BCUT2D eigenvalue weighted by Gasteiger charge is 2.10. The molecule has 20 heavy (non-hydrogen) atoms. The van der Waals surface area contributed by atoms with Gasteiger partial charge in [-0.3, -0.25) is 4.98 Å². The number of nitrogens with one attached hydrogen (secondary N) is 1. The maximum Gasteiger partial charge on any atom is 0.417 e. The molecule has 3 aromatic rings. The van der Waals surface area contributed by atoms with Gasteiger partial charge in [-0.2, -0.15) is 0 Å². The van der Waals surface area contributed by atoms with Gasteiger partial charge < -0.3 is 10.2 Å². The predicted molar refractivity (Wildman–Crippen MR) is 73.9 cm³/mol. The minimum atomic E-state index is -0.490. The van der Waals surface area contributed by atoms with E-state index in [0.29, 0.717) is 17.5 Å². The molecule has 1 heterocycles. The molecule has 2 aromatic carbocycles. The van der Waals surface area contributed by atoms with Crippen LogP contribution in [0.5, 0.6) is 0 Å². The molecule has 5 heteroatoms. The van der Waals surface area contributed by atoms with Crippen LogP contribution in [0.3, 0.4) is 0 Å². The van der Waals surface area contributed by atoms with Crippen LogP contribution in [0.1, 0.15) is 17.2 Å². The summed E-state index contributed by atoms with van der Waals surface area (Å²) in [7, 11) is 0. The molecular formula is C15H13FN2O2. The molecule has 102 valence electrons. The zero-order valence-corrected chi connectivity index (χ0v) is 10.6. The van der Waals surface area contributed by atoms with E-state index in [2.05, 4.69) is 4.98 Å². The third-order valence-corrected chi connectivity index (χ3v) is 3.22. The van der Waals surface area contributed by atoms with Gasteiger partial charge in [0.2, 0.25) is 0 Å². The molecule has 1 unspecified atom stereocenters. The normalized spacial score (nSPS) is 12.7. The molecule has 0 saturated carbocycles. The van der Waals surface area contributed by atoms with Gasteiger partial charge in [0.1, 0.15) is 5.82 Å².